The van der Waals surface area contributed by atoms with Crippen LogP contribution in [-0.4, -0.2) is 15.7 Å². The summed E-state index contributed by atoms with van der Waals surface area (Å²) >= 11 is 0. The number of carbonyl (C=O) groups excluding carboxylic acids is 1. The van der Waals surface area contributed by atoms with Gasteiger partial charge < -0.3 is 4.43 Å². The number of rotatable bonds is 3. The molecular formula is C5H10O2Si. The lowest BCUT2D eigenvalue weighted by Crippen LogP contribution is -2.02. The van der Waals surface area contributed by atoms with Crippen LogP contribution in [0.4, 0.5) is 0 Å². The maximum Gasteiger partial charge on any atom is 0.314 e. The van der Waals surface area contributed by atoms with Crippen LogP contribution in [0.15, 0.2) is 0 Å². The summed E-state index contributed by atoms with van der Waals surface area (Å²) in [5.41, 5.74) is 0. The molecule has 8 heavy (non-hydrogen) atoms. The second-order valence-electron chi connectivity index (χ2n) is 1.49. The largest absolute Gasteiger partial charge is 0.517 e. The molecule has 0 spiro atoms. The van der Waals surface area contributed by atoms with E-state index in [4.69, 9.17) is 0 Å². The van der Waals surface area contributed by atoms with Crippen LogP contribution in [0.2, 0.25) is 6.04 Å². The molecule has 0 aliphatic carbocycles. The van der Waals surface area contributed by atoms with Crippen molar-refractivity contribution in [2.75, 3.05) is 0 Å². The van der Waals surface area contributed by atoms with E-state index in [-0.39, 0.29) is 5.97 Å². The zero-order valence-corrected chi connectivity index (χ0v) is 6.23. The Bertz CT molecular complexity index is 72.8. The zero-order valence-electron chi connectivity index (χ0n) is 5.23. The quantitative estimate of drug-likeness (QED) is 0.421. The van der Waals surface area contributed by atoms with Crippen molar-refractivity contribution in [2.45, 2.75) is 26.3 Å². The van der Waals surface area contributed by atoms with E-state index in [0.29, 0.717) is 9.76 Å². The van der Waals surface area contributed by atoms with Gasteiger partial charge in [-0.1, -0.05) is 13.3 Å². The third kappa shape index (κ3) is 5.69. The van der Waals surface area contributed by atoms with E-state index in [1.807, 2.05) is 0 Å². The minimum atomic E-state index is -0.170. The Hall–Kier alpha value is -0.313. The van der Waals surface area contributed by atoms with Gasteiger partial charge in [-0.3, -0.25) is 4.79 Å². The van der Waals surface area contributed by atoms with Crippen molar-refractivity contribution >= 4 is 15.7 Å². The molecule has 0 amide bonds. The van der Waals surface area contributed by atoms with Gasteiger partial charge in [0, 0.05) is 6.92 Å². The molecular weight excluding hydrogens is 120 g/mol. The van der Waals surface area contributed by atoms with Gasteiger partial charge >= 0.3 is 9.76 Å². The van der Waals surface area contributed by atoms with Crippen LogP contribution in [0.3, 0.4) is 0 Å². The first kappa shape index (κ1) is 7.69. The first-order chi connectivity index (χ1) is 3.77. The van der Waals surface area contributed by atoms with Gasteiger partial charge in [-0.15, -0.1) is 0 Å². The highest BCUT2D eigenvalue weighted by atomic mass is 28.2. The third-order valence-electron chi connectivity index (χ3n) is 0.568. The smallest absolute Gasteiger partial charge is 0.314 e. The Kier molecular flexibility index (Phi) is 4.65. The molecule has 0 fully saturated rings. The van der Waals surface area contributed by atoms with Crippen molar-refractivity contribution in [3.63, 3.8) is 0 Å². The SMILES string of the molecule is CCC[Si]OC(C)=O. The summed E-state index contributed by atoms with van der Waals surface area (Å²) in [4.78, 5) is 10.1. The van der Waals surface area contributed by atoms with E-state index >= 15 is 0 Å². The van der Waals surface area contributed by atoms with Gasteiger partial charge in [-0.05, 0) is 6.04 Å². The van der Waals surface area contributed by atoms with E-state index in [0.717, 1.165) is 12.5 Å². The summed E-state index contributed by atoms with van der Waals surface area (Å²) in [5, 5.41) is 0. The van der Waals surface area contributed by atoms with Crippen molar-refractivity contribution in [3.05, 3.63) is 0 Å². The Morgan fingerprint density at radius 2 is 2.38 bits per heavy atom. The molecule has 0 aromatic carbocycles. The van der Waals surface area contributed by atoms with Crippen molar-refractivity contribution in [2.24, 2.45) is 0 Å². The molecule has 0 unspecified atom stereocenters. The highest BCUT2D eigenvalue weighted by Gasteiger charge is 1.91. The predicted octanol–water partition coefficient (Wildman–Crippen LogP) is 0.997. The monoisotopic (exact) mass is 130 g/mol. The highest BCUT2D eigenvalue weighted by molar-refractivity contribution is 6.30. The maximum atomic E-state index is 10.1. The fourth-order valence-electron chi connectivity index (χ4n) is 0.255. The van der Waals surface area contributed by atoms with E-state index < -0.39 is 0 Å². The van der Waals surface area contributed by atoms with Crippen LogP contribution in [0.1, 0.15) is 20.3 Å². The highest BCUT2D eigenvalue weighted by Crippen LogP contribution is 1.85. The van der Waals surface area contributed by atoms with Crippen molar-refractivity contribution in [1.29, 1.82) is 0 Å². The lowest BCUT2D eigenvalue weighted by Gasteiger charge is -1.94. The van der Waals surface area contributed by atoms with Crippen LogP contribution in [0.5, 0.6) is 0 Å². The minimum Gasteiger partial charge on any atom is -0.517 e. The first-order valence-corrected chi connectivity index (χ1v) is 3.79. The Labute approximate surface area is 52.2 Å². The molecule has 3 heteroatoms. The topological polar surface area (TPSA) is 26.3 Å². The average molecular weight is 130 g/mol. The summed E-state index contributed by atoms with van der Waals surface area (Å²) in [6.07, 6.45) is 1.09. The summed E-state index contributed by atoms with van der Waals surface area (Å²) in [5.74, 6) is -0.170. The van der Waals surface area contributed by atoms with E-state index in [1.165, 1.54) is 6.92 Å². The van der Waals surface area contributed by atoms with Crippen molar-refractivity contribution in [3.8, 4) is 0 Å². The molecule has 46 valence electrons. The maximum absolute atomic E-state index is 10.1. The second-order valence-corrected chi connectivity index (χ2v) is 2.48. The third-order valence-corrected chi connectivity index (χ3v) is 1.70. The molecule has 2 nitrogen and oxygen atoms in total. The lowest BCUT2D eigenvalue weighted by atomic mass is 10.6. The Morgan fingerprint density at radius 3 is 2.75 bits per heavy atom. The summed E-state index contributed by atoms with van der Waals surface area (Å²) < 4.78 is 4.67. The van der Waals surface area contributed by atoms with Gasteiger partial charge in [0.05, 0.1) is 0 Å². The molecule has 0 aliphatic heterocycles. The van der Waals surface area contributed by atoms with Crippen LogP contribution in [-0.2, 0) is 9.22 Å². The summed E-state index contributed by atoms with van der Waals surface area (Å²) in [6.45, 7) is 3.50. The average Bonchev–Trinajstić information content (AvgIpc) is 1.66. The Morgan fingerprint density at radius 1 is 1.75 bits per heavy atom. The van der Waals surface area contributed by atoms with E-state index in [9.17, 15) is 4.79 Å². The van der Waals surface area contributed by atoms with Crippen LogP contribution in [0.25, 0.3) is 0 Å². The van der Waals surface area contributed by atoms with Gasteiger partial charge in [0.2, 0.25) is 0 Å². The molecule has 0 aliphatic rings. The van der Waals surface area contributed by atoms with Crippen LogP contribution in [0, 0.1) is 0 Å². The van der Waals surface area contributed by atoms with Crippen molar-refractivity contribution < 1.29 is 9.22 Å². The minimum absolute atomic E-state index is 0.170. The molecule has 0 atom stereocenters. The van der Waals surface area contributed by atoms with Gasteiger partial charge in [0.1, 0.15) is 0 Å². The van der Waals surface area contributed by atoms with Gasteiger partial charge in [0.15, 0.2) is 0 Å². The summed E-state index contributed by atoms with van der Waals surface area (Å²) in [7, 11) is 0.363. The molecule has 0 rings (SSSR count). The van der Waals surface area contributed by atoms with Crippen LogP contribution >= 0.6 is 0 Å². The normalized spacial score (nSPS) is 8.75. The fourth-order valence-corrected chi connectivity index (χ4v) is 0.764. The number of hydrogen-bond donors (Lipinski definition) is 0. The molecule has 2 radical (unpaired) electrons. The fraction of sp³-hybridized carbons (Fsp3) is 0.800. The van der Waals surface area contributed by atoms with Crippen molar-refractivity contribution in [1.82, 2.24) is 0 Å². The Balaban J connectivity index is 2.82. The molecule has 0 saturated heterocycles. The van der Waals surface area contributed by atoms with Crippen LogP contribution < -0.4 is 0 Å². The number of hydrogen-bond acceptors (Lipinski definition) is 2. The molecule has 0 saturated carbocycles. The van der Waals surface area contributed by atoms with Gasteiger partial charge in [0.25, 0.3) is 5.97 Å². The van der Waals surface area contributed by atoms with E-state index in [1.54, 1.807) is 0 Å². The number of carbonyl (C=O) groups is 1. The zero-order chi connectivity index (χ0) is 6.41. The lowest BCUT2D eigenvalue weighted by molar-refractivity contribution is -0.131. The first-order valence-electron chi connectivity index (χ1n) is 2.67. The molecule has 0 heterocycles. The van der Waals surface area contributed by atoms with E-state index in [2.05, 4.69) is 11.3 Å². The summed E-state index contributed by atoms with van der Waals surface area (Å²) in [6, 6.07) is 1.000. The molecule has 0 bridgehead atoms. The predicted molar refractivity (Wildman–Crippen MR) is 32.6 cm³/mol. The van der Waals surface area contributed by atoms with Gasteiger partial charge in [-0.2, -0.15) is 0 Å². The standard InChI is InChI=1S/C5H10O2Si/c1-3-4-8-7-5(2)6/h3-4H2,1-2H3. The van der Waals surface area contributed by atoms with Gasteiger partial charge in [-0.25, -0.2) is 0 Å². The second kappa shape index (κ2) is 4.84. The molecule has 0 aromatic heterocycles. The molecule has 0 aromatic rings. The molecule has 0 N–H and O–H groups in total.